The third kappa shape index (κ3) is 3.46. The molecular weight excluding hydrogens is 435 g/mol. The van der Waals surface area contributed by atoms with Crippen LogP contribution in [0.1, 0.15) is 5.76 Å². The summed E-state index contributed by atoms with van der Waals surface area (Å²) in [6.45, 7) is 0.130. The number of rotatable bonds is 3. The predicted molar refractivity (Wildman–Crippen MR) is 101 cm³/mol. The number of benzene rings is 2. The van der Waals surface area contributed by atoms with Crippen molar-refractivity contribution in [1.82, 2.24) is 5.43 Å². The quantitative estimate of drug-likeness (QED) is 0.379. The third-order valence-electron chi connectivity index (χ3n) is 3.72. The summed E-state index contributed by atoms with van der Waals surface area (Å²) in [5.74, 6) is 1.37. The van der Waals surface area contributed by atoms with E-state index in [1.807, 2.05) is 42.5 Å². The largest absolute Gasteiger partial charge is 0.485 e. The molecule has 0 radical (unpaired) electrons. The maximum absolute atomic E-state index is 12.2. The van der Waals surface area contributed by atoms with Crippen LogP contribution >= 0.6 is 22.6 Å². The Hall–Kier alpha value is -2.55. The van der Waals surface area contributed by atoms with E-state index in [2.05, 4.69) is 33.1 Å². The molecule has 126 valence electrons. The Bertz CT molecular complexity index is 967. The topological polar surface area (TPSA) is 73.1 Å². The SMILES string of the molecule is O=C(N/N=C/c1ccc(I)o1)[C@H]1COc2cc3ccccc3cc2O1. The Balaban J connectivity index is 1.45. The molecule has 1 aliphatic rings. The minimum Gasteiger partial charge on any atom is -0.485 e. The van der Waals surface area contributed by atoms with Crippen LogP contribution in [0, 0.1) is 3.77 Å². The van der Waals surface area contributed by atoms with Crippen LogP contribution in [-0.2, 0) is 4.79 Å². The minimum atomic E-state index is -0.762. The number of halogens is 1. The van der Waals surface area contributed by atoms with Gasteiger partial charge in [0.2, 0.25) is 6.10 Å². The van der Waals surface area contributed by atoms with Gasteiger partial charge in [0.25, 0.3) is 5.91 Å². The Morgan fingerprint density at radius 3 is 2.64 bits per heavy atom. The van der Waals surface area contributed by atoms with Crippen molar-refractivity contribution in [2.45, 2.75) is 6.10 Å². The molecule has 0 bridgehead atoms. The lowest BCUT2D eigenvalue weighted by Gasteiger charge is -2.25. The lowest BCUT2D eigenvalue weighted by Crippen LogP contribution is -2.42. The first-order chi connectivity index (χ1) is 12.2. The summed E-state index contributed by atoms with van der Waals surface area (Å²) >= 11 is 2.05. The molecule has 0 fully saturated rings. The van der Waals surface area contributed by atoms with E-state index in [4.69, 9.17) is 13.9 Å². The van der Waals surface area contributed by atoms with Crippen LogP contribution in [0.2, 0.25) is 0 Å². The number of hydrogen-bond acceptors (Lipinski definition) is 5. The van der Waals surface area contributed by atoms with Gasteiger partial charge in [-0.05, 0) is 57.6 Å². The van der Waals surface area contributed by atoms with E-state index in [0.29, 0.717) is 17.3 Å². The predicted octanol–water partition coefficient (Wildman–Crippen LogP) is 3.33. The Morgan fingerprint density at radius 1 is 1.16 bits per heavy atom. The molecule has 0 spiro atoms. The monoisotopic (exact) mass is 448 g/mol. The van der Waals surface area contributed by atoms with E-state index < -0.39 is 6.10 Å². The summed E-state index contributed by atoms with van der Waals surface area (Å²) in [6, 6.07) is 15.3. The van der Waals surface area contributed by atoms with Crippen molar-refractivity contribution >= 4 is 45.5 Å². The zero-order valence-corrected chi connectivity index (χ0v) is 15.1. The number of nitrogens with one attached hydrogen (secondary N) is 1. The molecule has 0 aliphatic carbocycles. The van der Waals surface area contributed by atoms with Crippen molar-refractivity contribution in [2.24, 2.45) is 5.10 Å². The molecule has 1 N–H and O–H groups in total. The van der Waals surface area contributed by atoms with Crippen LogP contribution in [0.3, 0.4) is 0 Å². The molecule has 0 saturated heterocycles. The van der Waals surface area contributed by atoms with Crippen LogP contribution in [-0.4, -0.2) is 24.8 Å². The van der Waals surface area contributed by atoms with Gasteiger partial charge in [0.1, 0.15) is 12.4 Å². The van der Waals surface area contributed by atoms with E-state index in [1.165, 1.54) is 6.21 Å². The lowest BCUT2D eigenvalue weighted by molar-refractivity contribution is -0.130. The average molecular weight is 448 g/mol. The molecule has 1 aromatic heterocycles. The summed E-state index contributed by atoms with van der Waals surface area (Å²) in [5, 5.41) is 5.96. The second-order valence-corrected chi connectivity index (χ2v) is 6.50. The average Bonchev–Trinajstić information content (AvgIpc) is 3.04. The number of hydrazone groups is 1. The molecule has 0 unspecified atom stereocenters. The molecule has 0 saturated carbocycles. The number of nitrogens with zero attached hydrogens (tertiary/aromatic N) is 1. The highest BCUT2D eigenvalue weighted by Gasteiger charge is 2.27. The number of fused-ring (bicyclic) bond motifs is 2. The van der Waals surface area contributed by atoms with E-state index in [9.17, 15) is 4.79 Å². The highest BCUT2D eigenvalue weighted by atomic mass is 127. The summed E-state index contributed by atoms with van der Waals surface area (Å²) in [4.78, 5) is 12.2. The maximum Gasteiger partial charge on any atom is 0.284 e. The van der Waals surface area contributed by atoms with Crippen molar-refractivity contribution < 1.29 is 18.7 Å². The Kier molecular flexibility index (Phi) is 4.31. The smallest absolute Gasteiger partial charge is 0.284 e. The summed E-state index contributed by atoms with van der Waals surface area (Å²) in [6.07, 6.45) is 0.674. The van der Waals surface area contributed by atoms with Crippen molar-refractivity contribution in [3.8, 4) is 11.5 Å². The number of carbonyl (C=O) groups is 1. The molecule has 1 atom stereocenters. The molecule has 4 rings (SSSR count). The van der Waals surface area contributed by atoms with Crippen molar-refractivity contribution in [3.05, 3.63) is 58.1 Å². The molecule has 1 aliphatic heterocycles. The normalized spacial score (nSPS) is 16.3. The summed E-state index contributed by atoms with van der Waals surface area (Å²) < 4.78 is 17.5. The number of ether oxygens (including phenoxy) is 2. The third-order valence-corrected chi connectivity index (χ3v) is 4.30. The summed E-state index contributed by atoms with van der Waals surface area (Å²) in [5.41, 5.74) is 2.44. The number of carbonyl (C=O) groups excluding carboxylic acids is 1. The van der Waals surface area contributed by atoms with E-state index in [1.54, 1.807) is 6.07 Å². The fourth-order valence-electron chi connectivity index (χ4n) is 2.51. The van der Waals surface area contributed by atoms with Gasteiger partial charge < -0.3 is 13.9 Å². The molecule has 6 nitrogen and oxygen atoms in total. The maximum atomic E-state index is 12.2. The van der Waals surface area contributed by atoms with Gasteiger partial charge in [-0.15, -0.1) is 0 Å². The number of hydrogen-bond donors (Lipinski definition) is 1. The van der Waals surface area contributed by atoms with E-state index in [-0.39, 0.29) is 12.5 Å². The molecular formula is C18H13IN2O4. The lowest BCUT2D eigenvalue weighted by atomic mass is 10.1. The Labute approximate surface area is 156 Å². The molecule has 1 amide bonds. The highest BCUT2D eigenvalue weighted by Crippen LogP contribution is 2.35. The van der Waals surface area contributed by atoms with Gasteiger partial charge in [-0.2, -0.15) is 5.10 Å². The second-order valence-electron chi connectivity index (χ2n) is 5.44. The van der Waals surface area contributed by atoms with Crippen LogP contribution in [0.4, 0.5) is 0 Å². The van der Waals surface area contributed by atoms with Crippen LogP contribution in [0.15, 0.2) is 58.0 Å². The zero-order valence-electron chi connectivity index (χ0n) is 12.9. The molecule has 25 heavy (non-hydrogen) atoms. The number of furan rings is 1. The van der Waals surface area contributed by atoms with Crippen molar-refractivity contribution in [2.75, 3.05) is 6.61 Å². The fourth-order valence-corrected chi connectivity index (χ4v) is 2.95. The zero-order chi connectivity index (χ0) is 17.2. The number of amides is 1. The van der Waals surface area contributed by atoms with Crippen LogP contribution < -0.4 is 14.9 Å². The first-order valence-electron chi connectivity index (χ1n) is 7.59. The standard InChI is InChI=1S/C18H13IN2O4/c19-17-6-5-13(24-17)9-20-21-18(22)16-10-23-14-7-11-3-1-2-4-12(11)8-15(14)25-16/h1-9,16H,10H2,(H,21,22)/b20-9+/t16-/m1/s1. The fraction of sp³-hybridized carbons (Fsp3) is 0.111. The molecule has 2 heterocycles. The van der Waals surface area contributed by atoms with Gasteiger partial charge in [0.05, 0.1) is 6.21 Å². The molecule has 2 aromatic carbocycles. The van der Waals surface area contributed by atoms with Gasteiger partial charge in [-0.3, -0.25) is 4.79 Å². The van der Waals surface area contributed by atoms with Gasteiger partial charge in [0, 0.05) is 0 Å². The first-order valence-corrected chi connectivity index (χ1v) is 8.67. The molecule has 3 aromatic rings. The minimum absolute atomic E-state index is 0.130. The van der Waals surface area contributed by atoms with E-state index >= 15 is 0 Å². The second kappa shape index (κ2) is 6.75. The summed E-state index contributed by atoms with van der Waals surface area (Å²) in [7, 11) is 0. The van der Waals surface area contributed by atoms with Crippen LogP contribution in [0.5, 0.6) is 11.5 Å². The van der Waals surface area contributed by atoms with Gasteiger partial charge in [0.15, 0.2) is 15.3 Å². The van der Waals surface area contributed by atoms with Crippen molar-refractivity contribution in [1.29, 1.82) is 0 Å². The van der Waals surface area contributed by atoms with Crippen molar-refractivity contribution in [3.63, 3.8) is 0 Å². The first kappa shape index (κ1) is 15.9. The Morgan fingerprint density at radius 2 is 1.92 bits per heavy atom. The van der Waals surface area contributed by atoms with Gasteiger partial charge in [-0.25, -0.2) is 5.43 Å². The highest BCUT2D eigenvalue weighted by molar-refractivity contribution is 14.1. The van der Waals surface area contributed by atoms with Gasteiger partial charge in [-0.1, -0.05) is 24.3 Å². The van der Waals surface area contributed by atoms with Gasteiger partial charge >= 0.3 is 0 Å². The van der Waals surface area contributed by atoms with E-state index in [0.717, 1.165) is 14.5 Å². The molecule has 7 heteroatoms. The van der Waals surface area contributed by atoms with Crippen LogP contribution in [0.25, 0.3) is 10.8 Å².